The Bertz CT molecular complexity index is 989. The van der Waals surface area contributed by atoms with Gasteiger partial charge in [-0.2, -0.15) is 4.31 Å². The maximum absolute atomic E-state index is 13.2. The molecule has 0 aromatic heterocycles. The largest absolute Gasteiger partial charge is 0.243 e. The van der Waals surface area contributed by atoms with Gasteiger partial charge in [-0.05, 0) is 54.3 Å². The number of halogens is 2. The molecule has 0 aliphatic heterocycles. The highest BCUT2D eigenvalue weighted by atomic mass is 35.5. The van der Waals surface area contributed by atoms with Gasteiger partial charge in [-0.3, -0.25) is 0 Å². The van der Waals surface area contributed by atoms with Crippen LogP contribution in [0.25, 0.3) is 0 Å². The fourth-order valence-corrected chi connectivity index (χ4v) is 5.09. The third kappa shape index (κ3) is 5.58. The Labute approximate surface area is 176 Å². The van der Waals surface area contributed by atoms with Gasteiger partial charge in [0.2, 0.25) is 10.0 Å². The molecule has 0 spiro atoms. The third-order valence-electron chi connectivity index (χ3n) is 4.38. The summed E-state index contributed by atoms with van der Waals surface area (Å²) in [6, 6.07) is 23.6. The summed E-state index contributed by atoms with van der Waals surface area (Å²) in [7, 11) is -3.59. The van der Waals surface area contributed by atoms with E-state index in [9.17, 15) is 8.42 Å². The van der Waals surface area contributed by atoms with E-state index >= 15 is 0 Å². The van der Waals surface area contributed by atoms with Crippen molar-refractivity contribution in [2.24, 2.45) is 0 Å². The minimum atomic E-state index is -3.59. The van der Waals surface area contributed by atoms with Crippen LogP contribution >= 0.6 is 23.2 Å². The highest BCUT2D eigenvalue weighted by Gasteiger charge is 2.24. The van der Waals surface area contributed by atoms with Gasteiger partial charge in [0.25, 0.3) is 0 Å². The number of benzene rings is 3. The second-order valence-corrected chi connectivity index (χ2v) is 9.33. The molecule has 28 heavy (non-hydrogen) atoms. The number of sulfonamides is 1. The molecular formula is C22H21Cl2NO2S. The summed E-state index contributed by atoms with van der Waals surface area (Å²) in [4.78, 5) is 0.303. The molecule has 0 radical (unpaired) electrons. The normalized spacial score (nSPS) is 11.7. The highest BCUT2D eigenvalue weighted by Crippen LogP contribution is 2.22. The van der Waals surface area contributed by atoms with Crippen LogP contribution in [0.1, 0.15) is 17.5 Å². The Morgan fingerprint density at radius 2 is 1.32 bits per heavy atom. The molecule has 0 bridgehead atoms. The lowest BCUT2D eigenvalue weighted by atomic mass is 10.1. The van der Waals surface area contributed by atoms with Crippen LogP contribution in [-0.4, -0.2) is 19.3 Å². The van der Waals surface area contributed by atoms with Crippen molar-refractivity contribution in [2.75, 3.05) is 6.54 Å². The van der Waals surface area contributed by atoms with Crippen molar-refractivity contribution in [2.45, 2.75) is 24.3 Å². The molecule has 0 amide bonds. The summed E-state index contributed by atoms with van der Waals surface area (Å²) in [5, 5.41) is 1.17. The van der Waals surface area contributed by atoms with E-state index in [1.165, 1.54) is 4.31 Å². The van der Waals surface area contributed by atoms with Gasteiger partial charge < -0.3 is 0 Å². The number of nitrogens with zero attached hydrogens (tertiary/aromatic N) is 1. The topological polar surface area (TPSA) is 37.4 Å². The maximum atomic E-state index is 13.2. The Morgan fingerprint density at radius 3 is 1.93 bits per heavy atom. The average molecular weight is 434 g/mol. The Hall–Kier alpha value is -1.85. The molecule has 0 saturated heterocycles. The lowest BCUT2D eigenvalue weighted by Gasteiger charge is -2.22. The lowest BCUT2D eigenvalue weighted by molar-refractivity contribution is 0.399. The number of hydrogen-bond donors (Lipinski definition) is 0. The van der Waals surface area contributed by atoms with Gasteiger partial charge in [-0.15, -0.1) is 0 Å². The zero-order chi connectivity index (χ0) is 20.0. The van der Waals surface area contributed by atoms with Gasteiger partial charge in [-0.25, -0.2) is 8.42 Å². The first kappa shape index (κ1) is 20.9. The second kappa shape index (κ2) is 9.57. The van der Waals surface area contributed by atoms with E-state index in [2.05, 4.69) is 0 Å². The van der Waals surface area contributed by atoms with Crippen molar-refractivity contribution in [1.29, 1.82) is 0 Å². The molecule has 0 saturated carbocycles. The minimum absolute atomic E-state index is 0.303. The van der Waals surface area contributed by atoms with Gasteiger partial charge >= 0.3 is 0 Å². The molecule has 6 heteroatoms. The maximum Gasteiger partial charge on any atom is 0.243 e. The molecule has 3 aromatic carbocycles. The summed E-state index contributed by atoms with van der Waals surface area (Å²) in [6.07, 6.45) is 1.35. The van der Waals surface area contributed by atoms with E-state index in [1.807, 2.05) is 48.5 Å². The van der Waals surface area contributed by atoms with Crippen molar-refractivity contribution in [3.63, 3.8) is 0 Å². The van der Waals surface area contributed by atoms with Gasteiger partial charge in [-0.1, -0.05) is 71.7 Å². The smallest absolute Gasteiger partial charge is 0.207 e. The molecular weight excluding hydrogens is 413 g/mol. The zero-order valence-corrected chi connectivity index (χ0v) is 17.6. The number of hydrogen-bond acceptors (Lipinski definition) is 2. The molecule has 3 nitrogen and oxygen atoms in total. The second-order valence-electron chi connectivity index (χ2n) is 6.52. The van der Waals surface area contributed by atoms with Gasteiger partial charge in [0, 0.05) is 23.1 Å². The lowest BCUT2D eigenvalue weighted by Crippen LogP contribution is -2.32. The molecule has 0 unspecified atom stereocenters. The van der Waals surface area contributed by atoms with Gasteiger partial charge in [0.05, 0.1) is 4.90 Å². The third-order valence-corrected chi connectivity index (χ3v) is 6.67. The summed E-state index contributed by atoms with van der Waals surface area (Å²) in [6.45, 7) is 0.727. The van der Waals surface area contributed by atoms with Crippen molar-refractivity contribution >= 4 is 33.2 Å². The van der Waals surface area contributed by atoms with E-state index in [0.717, 1.165) is 11.1 Å². The highest BCUT2D eigenvalue weighted by molar-refractivity contribution is 7.89. The monoisotopic (exact) mass is 433 g/mol. The molecule has 0 aliphatic carbocycles. The van der Waals surface area contributed by atoms with Crippen LogP contribution < -0.4 is 0 Å². The van der Waals surface area contributed by atoms with E-state index in [-0.39, 0.29) is 0 Å². The van der Waals surface area contributed by atoms with E-state index in [1.54, 1.807) is 30.3 Å². The molecule has 0 heterocycles. The molecule has 0 N–H and O–H groups in total. The van der Waals surface area contributed by atoms with Crippen LogP contribution in [0.3, 0.4) is 0 Å². The Kier molecular flexibility index (Phi) is 7.13. The summed E-state index contributed by atoms with van der Waals surface area (Å²) >= 11 is 12.1. The molecule has 3 aromatic rings. The van der Waals surface area contributed by atoms with Crippen molar-refractivity contribution < 1.29 is 8.42 Å². The standard InChI is InChI=1S/C22H21Cl2NO2S/c23-20-14-19(15-21(24)16-20)10-7-13-25(17-18-8-3-1-4-9-18)28(26,27)22-11-5-2-6-12-22/h1-6,8-9,11-12,14-16H,7,10,13,17H2. The van der Waals surface area contributed by atoms with Crippen LogP contribution in [-0.2, 0) is 23.0 Å². The zero-order valence-electron chi connectivity index (χ0n) is 15.3. The van der Waals surface area contributed by atoms with E-state index < -0.39 is 10.0 Å². The van der Waals surface area contributed by atoms with Crippen LogP contribution in [0.5, 0.6) is 0 Å². The Balaban J connectivity index is 1.78. The fourth-order valence-electron chi connectivity index (χ4n) is 3.03. The molecule has 146 valence electrons. The minimum Gasteiger partial charge on any atom is -0.207 e. The van der Waals surface area contributed by atoms with E-state index in [0.29, 0.717) is 40.9 Å². The summed E-state index contributed by atoms with van der Waals surface area (Å²) in [5.41, 5.74) is 1.95. The van der Waals surface area contributed by atoms with Crippen LogP contribution in [0.2, 0.25) is 10.0 Å². The van der Waals surface area contributed by atoms with Crippen LogP contribution in [0.4, 0.5) is 0 Å². The molecule has 0 fully saturated rings. The first-order valence-corrected chi connectivity index (χ1v) is 11.2. The molecule has 0 atom stereocenters. The van der Waals surface area contributed by atoms with Crippen LogP contribution in [0, 0.1) is 0 Å². The van der Waals surface area contributed by atoms with Crippen LogP contribution in [0.15, 0.2) is 83.8 Å². The summed E-state index contributed by atoms with van der Waals surface area (Å²) in [5.74, 6) is 0. The summed E-state index contributed by atoms with van der Waals surface area (Å²) < 4.78 is 27.9. The SMILES string of the molecule is O=S(=O)(c1ccccc1)N(CCCc1cc(Cl)cc(Cl)c1)Cc1ccccc1. The van der Waals surface area contributed by atoms with Gasteiger partial charge in [0.1, 0.15) is 0 Å². The molecule has 3 rings (SSSR count). The number of aryl methyl sites for hydroxylation is 1. The molecule has 0 aliphatic rings. The van der Waals surface area contributed by atoms with Gasteiger partial charge in [0.15, 0.2) is 0 Å². The average Bonchev–Trinajstić information content (AvgIpc) is 2.68. The number of rotatable bonds is 8. The first-order chi connectivity index (χ1) is 13.4. The first-order valence-electron chi connectivity index (χ1n) is 8.99. The van der Waals surface area contributed by atoms with Crippen molar-refractivity contribution in [1.82, 2.24) is 4.31 Å². The van der Waals surface area contributed by atoms with Crippen molar-refractivity contribution in [3.05, 3.63) is 100 Å². The Morgan fingerprint density at radius 1 is 0.750 bits per heavy atom. The quantitative estimate of drug-likeness (QED) is 0.448. The predicted molar refractivity (Wildman–Crippen MR) is 115 cm³/mol. The van der Waals surface area contributed by atoms with E-state index in [4.69, 9.17) is 23.2 Å². The predicted octanol–water partition coefficient (Wildman–Crippen LogP) is 5.82. The van der Waals surface area contributed by atoms with Crippen molar-refractivity contribution in [3.8, 4) is 0 Å². The fraction of sp³-hybridized carbons (Fsp3) is 0.182.